The second-order valence-corrected chi connectivity index (χ2v) is 3.96. The molecule has 110 valence electrons. The third-order valence-corrected chi connectivity index (χ3v) is 2.56. The Balaban J connectivity index is 3.09. The number of hydrogen-bond donors (Lipinski definition) is 1. The van der Waals surface area contributed by atoms with Gasteiger partial charge < -0.3 is 9.84 Å². The van der Waals surface area contributed by atoms with Crippen molar-refractivity contribution in [2.75, 3.05) is 7.11 Å². The van der Waals surface area contributed by atoms with Crippen molar-refractivity contribution >= 4 is 11.8 Å². The second kappa shape index (κ2) is 5.58. The molecule has 0 heterocycles. The number of carbonyl (C=O) groups excluding carboxylic acids is 2. The molecule has 8 heteroatoms. The van der Waals surface area contributed by atoms with Crippen LogP contribution in [0, 0.1) is 5.82 Å². The van der Waals surface area contributed by atoms with Crippen LogP contribution < -0.4 is 0 Å². The van der Waals surface area contributed by atoms with E-state index < -0.39 is 41.3 Å². The zero-order valence-electron chi connectivity index (χ0n) is 10.2. The van der Waals surface area contributed by atoms with E-state index in [9.17, 15) is 32.3 Å². The van der Waals surface area contributed by atoms with Gasteiger partial charge >= 0.3 is 12.1 Å². The molecule has 0 saturated carbocycles. The van der Waals surface area contributed by atoms with Crippen LogP contribution in [0.2, 0.25) is 0 Å². The fraction of sp³-hybridized carbons (Fsp3) is 0.333. The molecule has 1 unspecified atom stereocenters. The number of benzene rings is 1. The van der Waals surface area contributed by atoms with Gasteiger partial charge in [0.25, 0.3) is 5.60 Å². The minimum atomic E-state index is -5.40. The van der Waals surface area contributed by atoms with Crippen LogP contribution in [0.5, 0.6) is 0 Å². The minimum Gasteiger partial charge on any atom is -0.467 e. The zero-order chi connectivity index (χ0) is 15.6. The van der Waals surface area contributed by atoms with E-state index in [0.717, 1.165) is 18.2 Å². The maximum atomic E-state index is 12.9. The van der Waals surface area contributed by atoms with E-state index in [1.54, 1.807) is 0 Å². The molecule has 20 heavy (non-hydrogen) atoms. The first-order chi connectivity index (χ1) is 9.11. The highest BCUT2D eigenvalue weighted by Gasteiger charge is 2.61. The van der Waals surface area contributed by atoms with Crippen molar-refractivity contribution < 1.29 is 37.0 Å². The molecule has 0 aliphatic carbocycles. The van der Waals surface area contributed by atoms with Crippen LogP contribution in [-0.2, 0) is 9.53 Å². The standard InChI is InChI=1S/C12H10F4O4/c1-20-10(18)11(19,12(14,15)16)6-9(17)7-3-2-4-8(13)5-7/h2-5,19H,6H2,1H3. The Labute approximate surface area is 111 Å². The lowest BCUT2D eigenvalue weighted by Gasteiger charge is -2.26. The summed E-state index contributed by atoms with van der Waals surface area (Å²) in [5.41, 5.74) is -4.36. The summed E-state index contributed by atoms with van der Waals surface area (Å²) in [6.07, 6.45) is -6.99. The van der Waals surface area contributed by atoms with Crippen LogP contribution in [0.15, 0.2) is 24.3 Å². The number of carbonyl (C=O) groups is 2. The van der Waals surface area contributed by atoms with Crippen molar-refractivity contribution in [3.8, 4) is 0 Å². The van der Waals surface area contributed by atoms with Crippen LogP contribution in [0.25, 0.3) is 0 Å². The van der Waals surface area contributed by atoms with Crippen LogP contribution in [0.3, 0.4) is 0 Å². The molecular weight excluding hydrogens is 284 g/mol. The summed E-state index contributed by atoms with van der Waals surface area (Å²) in [4.78, 5) is 22.7. The topological polar surface area (TPSA) is 63.6 Å². The first kappa shape index (κ1) is 16.1. The maximum Gasteiger partial charge on any atom is 0.428 e. The van der Waals surface area contributed by atoms with E-state index in [2.05, 4.69) is 4.74 Å². The highest BCUT2D eigenvalue weighted by atomic mass is 19.4. The van der Waals surface area contributed by atoms with Gasteiger partial charge in [-0.2, -0.15) is 13.2 Å². The Hall–Kier alpha value is -1.96. The third kappa shape index (κ3) is 3.13. The van der Waals surface area contributed by atoms with E-state index in [1.165, 1.54) is 0 Å². The van der Waals surface area contributed by atoms with Gasteiger partial charge in [0.1, 0.15) is 5.82 Å². The molecule has 0 aromatic heterocycles. The molecule has 1 aromatic carbocycles. The zero-order valence-corrected chi connectivity index (χ0v) is 10.2. The predicted molar refractivity (Wildman–Crippen MR) is 58.4 cm³/mol. The quantitative estimate of drug-likeness (QED) is 0.523. The van der Waals surface area contributed by atoms with E-state index in [4.69, 9.17) is 0 Å². The summed E-state index contributed by atoms with van der Waals surface area (Å²) in [6, 6.07) is 3.89. The van der Waals surface area contributed by atoms with Crippen molar-refractivity contribution in [2.24, 2.45) is 0 Å². The number of ether oxygens (including phenoxy) is 1. The minimum absolute atomic E-state index is 0.392. The average molecular weight is 294 g/mol. The molecule has 0 aliphatic heterocycles. The van der Waals surface area contributed by atoms with E-state index in [-0.39, 0.29) is 0 Å². The fourth-order valence-corrected chi connectivity index (χ4v) is 1.45. The van der Waals surface area contributed by atoms with Gasteiger partial charge in [0.15, 0.2) is 5.78 Å². The molecule has 0 amide bonds. The van der Waals surface area contributed by atoms with Crippen molar-refractivity contribution in [1.82, 2.24) is 0 Å². The van der Waals surface area contributed by atoms with Crippen molar-refractivity contribution in [3.63, 3.8) is 0 Å². The smallest absolute Gasteiger partial charge is 0.428 e. The van der Waals surface area contributed by atoms with Crippen molar-refractivity contribution in [2.45, 2.75) is 18.2 Å². The molecule has 1 atom stereocenters. The number of hydrogen-bond acceptors (Lipinski definition) is 4. The summed E-state index contributed by atoms with van der Waals surface area (Å²) in [5, 5.41) is 9.40. The molecule has 0 fully saturated rings. The second-order valence-electron chi connectivity index (χ2n) is 3.96. The first-order valence-corrected chi connectivity index (χ1v) is 5.28. The number of ketones is 1. The van der Waals surface area contributed by atoms with Crippen LogP contribution >= 0.6 is 0 Å². The Bertz CT molecular complexity index is 526. The number of esters is 1. The maximum absolute atomic E-state index is 12.9. The lowest BCUT2D eigenvalue weighted by atomic mass is 9.93. The molecule has 0 aliphatic rings. The molecular formula is C12H10F4O4. The number of halogens is 4. The molecule has 0 radical (unpaired) electrons. The fourth-order valence-electron chi connectivity index (χ4n) is 1.45. The van der Waals surface area contributed by atoms with Crippen molar-refractivity contribution in [1.29, 1.82) is 0 Å². The molecule has 4 nitrogen and oxygen atoms in total. The van der Waals surface area contributed by atoms with Gasteiger partial charge in [-0.25, -0.2) is 9.18 Å². The third-order valence-electron chi connectivity index (χ3n) is 2.56. The summed E-state index contributed by atoms with van der Waals surface area (Å²) in [7, 11) is 0.645. The molecule has 1 rings (SSSR count). The summed E-state index contributed by atoms with van der Waals surface area (Å²) < 4.78 is 54.9. The highest BCUT2D eigenvalue weighted by Crippen LogP contribution is 2.35. The normalized spacial score (nSPS) is 14.5. The summed E-state index contributed by atoms with van der Waals surface area (Å²) >= 11 is 0. The van der Waals surface area contributed by atoms with E-state index in [1.807, 2.05) is 0 Å². The average Bonchev–Trinajstić information content (AvgIpc) is 2.36. The monoisotopic (exact) mass is 294 g/mol. The number of alkyl halides is 3. The van der Waals surface area contributed by atoms with Gasteiger partial charge in [-0.05, 0) is 12.1 Å². The van der Waals surface area contributed by atoms with Gasteiger partial charge in [0.2, 0.25) is 0 Å². The summed E-state index contributed by atoms with van der Waals surface area (Å²) in [6.45, 7) is 0. The molecule has 0 spiro atoms. The van der Waals surface area contributed by atoms with Gasteiger partial charge in [-0.1, -0.05) is 12.1 Å². The van der Waals surface area contributed by atoms with Gasteiger partial charge in [-0.3, -0.25) is 4.79 Å². The van der Waals surface area contributed by atoms with Crippen LogP contribution in [0.1, 0.15) is 16.8 Å². The lowest BCUT2D eigenvalue weighted by molar-refractivity contribution is -0.260. The van der Waals surface area contributed by atoms with Gasteiger partial charge in [0, 0.05) is 5.56 Å². The van der Waals surface area contributed by atoms with Crippen LogP contribution in [0.4, 0.5) is 17.6 Å². The Morgan fingerprint density at radius 3 is 2.35 bits per heavy atom. The van der Waals surface area contributed by atoms with E-state index >= 15 is 0 Å². The van der Waals surface area contributed by atoms with E-state index in [0.29, 0.717) is 13.2 Å². The first-order valence-electron chi connectivity index (χ1n) is 5.28. The Kier molecular flexibility index (Phi) is 4.49. The van der Waals surface area contributed by atoms with Crippen molar-refractivity contribution in [3.05, 3.63) is 35.6 Å². The predicted octanol–water partition coefficient (Wildman–Crippen LogP) is 1.86. The largest absolute Gasteiger partial charge is 0.467 e. The van der Waals surface area contributed by atoms with Crippen LogP contribution in [-0.4, -0.2) is 35.7 Å². The molecule has 0 saturated heterocycles. The Morgan fingerprint density at radius 1 is 1.30 bits per heavy atom. The molecule has 0 bridgehead atoms. The molecule has 1 N–H and O–H groups in total. The highest BCUT2D eigenvalue weighted by molar-refractivity contribution is 6.00. The SMILES string of the molecule is COC(=O)C(O)(CC(=O)c1cccc(F)c1)C(F)(F)F. The number of aliphatic hydroxyl groups is 1. The lowest BCUT2D eigenvalue weighted by Crippen LogP contribution is -2.54. The molecule has 1 aromatic rings. The number of methoxy groups -OCH3 is 1. The Morgan fingerprint density at radius 2 is 1.90 bits per heavy atom. The van der Waals surface area contributed by atoms with Gasteiger partial charge in [-0.15, -0.1) is 0 Å². The number of Topliss-reactive ketones (excluding diaryl/α,β-unsaturated/α-hetero) is 1. The number of rotatable bonds is 4. The van der Waals surface area contributed by atoms with Gasteiger partial charge in [0.05, 0.1) is 13.5 Å². The summed E-state index contributed by atoms with van der Waals surface area (Å²) in [5.74, 6) is -4.08.